The lowest BCUT2D eigenvalue weighted by atomic mass is 10.1. The molecule has 0 unspecified atom stereocenters. The van der Waals surface area contributed by atoms with E-state index >= 15 is 0 Å². The summed E-state index contributed by atoms with van der Waals surface area (Å²) in [5.41, 5.74) is 1.94. The molecule has 0 aliphatic rings. The summed E-state index contributed by atoms with van der Waals surface area (Å²) < 4.78 is 7.13. The van der Waals surface area contributed by atoms with Crippen LogP contribution in [0.2, 0.25) is 5.02 Å². The van der Waals surface area contributed by atoms with Crippen LogP contribution in [-0.4, -0.2) is 17.6 Å². The number of carbonyl (C=O) groups excluding carboxylic acids is 1. The van der Waals surface area contributed by atoms with Gasteiger partial charge in [-0.1, -0.05) is 23.7 Å². The number of hydrogen-bond acceptors (Lipinski definition) is 2. The molecule has 0 aliphatic carbocycles. The highest BCUT2D eigenvalue weighted by Gasteiger charge is 2.14. The maximum Gasteiger partial charge on any atom is 0.259 e. The first-order valence-corrected chi connectivity index (χ1v) is 7.44. The van der Waals surface area contributed by atoms with Crippen LogP contribution in [0.25, 0.3) is 5.69 Å². The number of aromatic nitrogens is 1. The zero-order valence-electron chi connectivity index (χ0n) is 12.5. The molecule has 0 fully saturated rings. The molecular weight excluding hydrogens is 312 g/mol. The van der Waals surface area contributed by atoms with Crippen LogP contribution in [-0.2, 0) is 0 Å². The van der Waals surface area contributed by atoms with Crippen LogP contribution in [0, 0.1) is 0 Å². The van der Waals surface area contributed by atoms with E-state index in [9.17, 15) is 4.79 Å². The van der Waals surface area contributed by atoms with Crippen molar-refractivity contribution in [2.75, 3.05) is 12.4 Å². The normalized spacial score (nSPS) is 10.3. The summed E-state index contributed by atoms with van der Waals surface area (Å²) in [6.45, 7) is 0. The number of rotatable bonds is 4. The van der Waals surface area contributed by atoms with Gasteiger partial charge in [0, 0.05) is 17.4 Å². The van der Waals surface area contributed by atoms with Gasteiger partial charge < -0.3 is 14.6 Å². The number of anilines is 1. The third-order valence-electron chi connectivity index (χ3n) is 3.44. The van der Waals surface area contributed by atoms with Crippen LogP contribution in [0.4, 0.5) is 5.69 Å². The molecule has 116 valence electrons. The summed E-state index contributed by atoms with van der Waals surface area (Å²) in [5, 5.41) is 3.52. The van der Waals surface area contributed by atoms with E-state index in [4.69, 9.17) is 16.3 Å². The number of para-hydroxylation sites is 1. The Morgan fingerprint density at radius 1 is 1.09 bits per heavy atom. The van der Waals surface area contributed by atoms with Gasteiger partial charge in [0.15, 0.2) is 0 Å². The molecule has 3 rings (SSSR count). The van der Waals surface area contributed by atoms with E-state index in [0.717, 1.165) is 5.69 Å². The van der Waals surface area contributed by atoms with Gasteiger partial charge in [-0.05, 0) is 42.5 Å². The predicted octanol–water partition coefficient (Wildman–Crippen LogP) is 4.39. The minimum absolute atomic E-state index is 0.238. The maximum atomic E-state index is 12.6. The first-order valence-electron chi connectivity index (χ1n) is 7.06. The van der Waals surface area contributed by atoms with E-state index in [2.05, 4.69) is 5.32 Å². The molecule has 1 amide bonds. The quantitative estimate of drug-likeness (QED) is 0.772. The molecule has 1 N–H and O–H groups in total. The van der Waals surface area contributed by atoms with Crippen molar-refractivity contribution in [3.05, 3.63) is 77.6 Å². The molecule has 4 nitrogen and oxygen atoms in total. The summed E-state index contributed by atoms with van der Waals surface area (Å²) in [5.74, 6) is 0.291. The molecule has 5 heteroatoms. The Labute approximate surface area is 139 Å². The second-order valence-corrected chi connectivity index (χ2v) is 5.34. The summed E-state index contributed by atoms with van der Waals surface area (Å²) in [4.78, 5) is 12.6. The standard InChI is InChI=1S/C18H15ClN2O2/c1-23-17-7-3-2-6-14(17)18(22)20-15-9-8-13(19)12-16(15)21-10-4-5-11-21/h2-12H,1H3,(H,20,22). The van der Waals surface area contributed by atoms with E-state index in [0.29, 0.717) is 22.0 Å². The van der Waals surface area contributed by atoms with Gasteiger partial charge in [-0.15, -0.1) is 0 Å². The Morgan fingerprint density at radius 3 is 2.57 bits per heavy atom. The highest BCUT2D eigenvalue weighted by molar-refractivity contribution is 6.31. The average Bonchev–Trinajstić information content (AvgIpc) is 3.10. The molecule has 0 bridgehead atoms. The van der Waals surface area contributed by atoms with E-state index in [-0.39, 0.29) is 5.91 Å². The lowest BCUT2D eigenvalue weighted by molar-refractivity contribution is 0.102. The molecule has 0 spiro atoms. The summed E-state index contributed by atoms with van der Waals surface area (Å²) in [7, 11) is 1.54. The second-order valence-electron chi connectivity index (χ2n) is 4.91. The van der Waals surface area contributed by atoms with Crippen molar-refractivity contribution in [2.45, 2.75) is 0 Å². The average molecular weight is 327 g/mol. The number of nitrogens with zero attached hydrogens (tertiary/aromatic N) is 1. The Morgan fingerprint density at radius 2 is 1.83 bits per heavy atom. The lowest BCUT2D eigenvalue weighted by Gasteiger charge is -2.14. The first-order chi connectivity index (χ1) is 11.2. The van der Waals surface area contributed by atoms with E-state index in [1.807, 2.05) is 35.2 Å². The van der Waals surface area contributed by atoms with Crippen molar-refractivity contribution < 1.29 is 9.53 Å². The molecule has 2 aromatic carbocycles. The first kappa shape index (κ1) is 15.2. The zero-order chi connectivity index (χ0) is 16.2. The van der Waals surface area contributed by atoms with Crippen molar-refractivity contribution >= 4 is 23.2 Å². The van der Waals surface area contributed by atoms with Crippen molar-refractivity contribution in [2.24, 2.45) is 0 Å². The highest BCUT2D eigenvalue weighted by atomic mass is 35.5. The van der Waals surface area contributed by atoms with Gasteiger partial charge in [-0.2, -0.15) is 0 Å². The number of ether oxygens (including phenoxy) is 1. The van der Waals surface area contributed by atoms with E-state index in [1.54, 1.807) is 43.5 Å². The summed E-state index contributed by atoms with van der Waals surface area (Å²) >= 11 is 6.09. The fraction of sp³-hybridized carbons (Fsp3) is 0.0556. The van der Waals surface area contributed by atoms with E-state index in [1.165, 1.54) is 0 Å². The number of benzene rings is 2. The van der Waals surface area contributed by atoms with Gasteiger partial charge in [0.25, 0.3) is 5.91 Å². The smallest absolute Gasteiger partial charge is 0.259 e. The highest BCUT2D eigenvalue weighted by Crippen LogP contribution is 2.26. The Hall–Kier alpha value is -2.72. The van der Waals surface area contributed by atoms with Crippen molar-refractivity contribution in [3.8, 4) is 11.4 Å². The van der Waals surface area contributed by atoms with Crippen LogP contribution in [0.15, 0.2) is 67.0 Å². The van der Waals surface area contributed by atoms with Gasteiger partial charge in [0.2, 0.25) is 0 Å². The second kappa shape index (κ2) is 6.58. The third kappa shape index (κ3) is 3.22. The van der Waals surface area contributed by atoms with Gasteiger partial charge in [0.1, 0.15) is 5.75 Å². The van der Waals surface area contributed by atoms with Crippen molar-refractivity contribution in [3.63, 3.8) is 0 Å². The molecule has 0 atom stereocenters. The molecule has 0 saturated heterocycles. The Bertz CT molecular complexity index is 829. The van der Waals surface area contributed by atoms with Gasteiger partial charge >= 0.3 is 0 Å². The molecule has 0 saturated carbocycles. The SMILES string of the molecule is COc1ccccc1C(=O)Nc1ccc(Cl)cc1-n1cccc1. The van der Waals surface area contributed by atoms with Crippen LogP contribution in [0.3, 0.4) is 0 Å². The van der Waals surface area contributed by atoms with Gasteiger partial charge in [-0.3, -0.25) is 4.79 Å². The minimum atomic E-state index is -0.238. The zero-order valence-corrected chi connectivity index (χ0v) is 13.2. The number of amides is 1. The fourth-order valence-electron chi connectivity index (χ4n) is 2.34. The number of halogens is 1. The molecule has 0 aliphatic heterocycles. The lowest BCUT2D eigenvalue weighted by Crippen LogP contribution is -2.14. The Balaban J connectivity index is 1.96. The van der Waals surface area contributed by atoms with Gasteiger partial charge in [-0.25, -0.2) is 0 Å². The fourth-order valence-corrected chi connectivity index (χ4v) is 2.51. The molecular formula is C18H15ClN2O2. The van der Waals surface area contributed by atoms with Gasteiger partial charge in [0.05, 0.1) is 24.0 Å². The molecule has 23 heavy (non-hydrogen) atoms. The van der Waals surface area contributed by atoms with Crippen molar-refractivity contribution in [1.82, 2.24) is 4.57 Å². The van der Waals surface area contributed by atoms with Crippen LogP contribution in [0.5, 0.6) is 5.75 Å². The van der Waals surface area contributed by atoms with E-state index < -0.39 is 0 Å². The maximum absolute atomic E-state index is 12.6. The minimum Gasteiger partial charge on any atom is -0.496 e. The molecule has 1 heterocycles. The monoisotopic (exact) mass is 326 g/mol. The number of nitrogens with one attached hydrogen (secondary N) is 1. The van der Waals surface area contributed by atoms with Crippen LogP contribution in [0.1, 0.15) is 10.4 Å². The van der Waals surface area contributed by atoms with Crippen molar-refractivity contribution in [1.29, 1.82) is 0 Å². The molecule has 3 aromatic rings. The molecule has 0 radical (unpaired) electrons. The summed E-state index contributed by atoms with van der Waals surface area (Å²) in [6, 6.07) is 16.2. The summed E-state index contributed by atoms with van der Waals surface area (Å²) in [6.07, 6.45) is 3.79. The largest absolute Gasteiger partial charge is 0.496 e. The predicted molar refractivity (Wildman–Crippen MR) is 91.7 cm³/mol. The molecule has 1 aromatic heterocycles. The Kier molecular flexibility index (Phi) is 4.35. The number of hydrogen-bond donors (Lipinski definition) is 1. The van der Waals surface area contributed by atoms with Crippen LogP contribution < -0.4 is 10.1 Å². The number of carbonyl (C=O) groups is 1. The third-order valence-corrected chi connectivity index (χ3v) is 3.68. The number of methoxy groups -OCH3 is 1. The topological polar surface area (TPSA) is 43.3 Å². The van der Waals surface area contributed by atoms with Crippen LogP contribution >= 0.6 is 11.6 Å².